The van der Waals surface area contributed by atoms with Gasteiger partial charge in [0.05, 0.1) is 11.0 Å². The molecule has 1 heterocycles. The van der Waals surface area contributed by atoms with Crippen molar-refractivity contribution in [3.8, 4) is 16.8 Å². The molecule has 0 radical (unpaired) electrons. The highest BCUT2D eigenvalue weighted by Crippen LogP contribution is 2.34. The zero-order chi connectivity index (χ0) is 23.8. The van der Waals surface area contributed by atoms with E-state index in [0.29, 0.717) is 0 Å². The molecule has 0 unspecified atom stereocenters. The first-order chi connectivity index (χ1) is 17.2. The van der Waals surface area contributed by atoms with Crippen molar-refractivity contribution in [2.45, 2.75) is 13.8 Å². The fraction of sp³-hybridized carbons (Fsp3) is 0.0588. The number of hydrogen-bond donors (Lipinski definition) is 0. The van der Waals surface area contributed by atoms with E-state index in [9.17, 15) is 0 Å². The average molecular weight is 450 g/mol. The van der Waals surface area contributed by atoms with Crippen LogP contribution in [0.3, 0.4) is 0 Å². The third kappa shape index (κ3) is 4.06. The van der Waals surface area contributed by atoms with E-state index in [-0.39, 0.29) is 0 Å². The Kier molecular flexibility index (Phi) is 5.31. The second-order valence-corrected chi connectivity index (χ2v) is 9.29. The molecule has 0 atom stereocenters. The van der Waals surface area contributed by atoms with Gasteiger partial charge < -0.3 is 4.57 Å². The van der Waals surface area contributed by atoms with Crippen LogP contribution in [0.5, 0.6) is 0 Å². The lowest BCUT2D eigenvalue weighted by Gasteiger charge is -2.10. The molecule has 0 aliphatic carbocycles. The molecular weight excluding hydrogens is 422 g/mol. The molecule has 0 saturated heterocycles. The van der Waals surface area contributed by atoms with E-state index in [1.807, 2.05) is 6.07 Å². The van der Waals surface area contributed by atoms with Gasteiger partial charge in [0.25, 0.3) is 0 Å². The van der Waals surface area contributed by atoms with Crippen LogP contribution in [-0.4, -0.2) is 4.57 Å². The molecule has 0 aliphatic heterocycles. The highest BCUT2D eigenvalue weighted by atomic mass is 15.0. The Bertz CT molecular complexity index is 1610. The molecule has 35 heavy (non-hydrogen) atoms. The number of aryl methyl sites for hydroxylation is 2. The van der Waals surface area contributed by atoms with E-state index >= 15 is 0 Å². The van der Waals surface area contributed by atoms with Crippen molar-refractivity contribution < 1.29 is 0 Å². The van der Waals surface area contributed by atoms with Gasteiger partial charge in [-0.1, -0.05) is 102 Å². The van der Waals surface area contributed by atoms with Crippen molar-refractivity contribution in [3.63, 3.8) is 0 Å². The van der Waals surface area contributed by atoms with Crippen molar-refractivity contribution in [1.29, 1.82) is 0 Å². The maximum absolute atomic E-state index is 2.38. The summed E-state index contributed by atoms with van der Waals surface area (Å²) >= 11 is 0. The first-order valence-corrected chi connectivity index (χ1v) is 12.1. The van der Waals surface area contributed by atoms with Crippen molar-refractivity contribution >= 4 is 34.0 Å². The molecule has 0 saturated carbocycles. The first-order valence-electron chi connectivity index (χ1n) is 12.1. The molecule has 0 fully saturated rings. The fourth-order valence-electron chi connectivity index (χ4n) is 4.88. The highest BCUT2D eigenvalue weighted by Gasteiger charge is 2.12. The van der Waals surface area contributed by atoms with Gasteiger partial charge in [-0.25, -0.2) is 0 Å². The lowest BCUT2D eigenvalue weighted by Crippen LogP contribution is -1.93. The Morgan fingerprint density at radius 3 is 1.51 bits per heavy atom. The van der Waals surface area contributed by atoms with Crippen LogP contribution < -0.4 is 0 Å². The van der Waals surface area contributed by atoms with Gasteiger partial charge >= 0.3 is 0 Å². The summed E-state index contributed by atoms with van der Waals surface area (Å²) in [7, 11) is 0. The summed E-state index contributed by atoms with van der Waals surface area (Å²) in [6.45, 7) is 4.33. The molecule has 0 N–H and O–H groups in total. The third-order valence-electron chi connectivity index (χ3n) is 6.71. The van der Waals surface area contributed by atoms with Gasteiger partial charge in [-0.2, -0.15) is 0 Å². The number of hydrogen-bond acceptors (Lipinski definition) is 0. The topological polar surface area (TPSA) is 4.93 Å². The summed E-state index contributed by atoms with van der Waals surface area (Å²) in [6, 6.07) is 41.6. The number of nitrogens with zero attached hydrogens (tertiary/aromatic N) is 1. The van der Waals surface area contributed by atoms with Gasteiger partial charge in [-0.15, -0.1) is 0 Å². The molecule has 168 valence electrons. The first kappa shape index (κ1) is 21.2. The summed E-state index contributed by atoms with van der Waals surface area (Å²) in [4.78, 5) is 0. The van der Waals surface area contributed by atoms with Crippen LogP contribution >= 0.6 is 0 Å². The highest BCUT2D eigenvalue weighted by molar-refractivity contribution is 6.09. The molecular formula is C34H27N. The molecule has 6 rings (SSSR count). The van der Waals surface area contributed by atoms with Gasteiger partial charge in [0.2, 0.25) is 0 Å². The quantitative estimate of drug-likeness (QED) is 0.236. The third-order valence-corrected chi connectivity index (χ3v) is 6.71. The molecule has 0 bridgehead atoms. The Morgan fingerprint density at radius 1 is 0.486 bits per heavy atom. The Hall–Kier alpha value is -4.36. The lowest BCUT2D eigenvalue weighted by atomic mass is 10.0. The normalized spacial score (nSPS) is 11.6. The predicted octanol–water partition coefficient (Wildman–Crippen LogP) is 9.24. The number of benzene rings is 5. The van der Waals surface area contributed by atoms with Crippen LogP contribution in [-0.2, 0) is 0 Å². The van der Waals surface area contributed by atoms with Crippen LogP contribution in [0.1, 0.15) is 22.3 Å². The van der Waals surface area contributed by atoms with Gasteiger partial charge in [0.15, 0.2) is 0 Å². The van der Waals surface area contributed by atoms with E-state index in [2.05, 4.69) is 140 Å². The molecule has 0 spiro atoms. The van der Waals surface area contributed by atoms with Gasteiger partial charge in [-0.05, 0) is 72.5 Å². The monoisotopic (exact) mass is 449 g/mol. The maximum Gasteiger partial charge on any atom is 0.0541 e. The number of fused-ring (bicyclic) bond motifs is 3. The van der Waals surface area contributed by atoms with E-state index in [4.69, 9.17) is 0 Å². The Labute approximate surface area is 206 Å². The molecule has 0 amide bonds. The van der Waals surface area contributed by atoms with Gasteiger partial charge in [0.1, 0.15) is 0 Å². The molecule has 1 aromatic heterocycles. The minimum absolute atomic E-state index is 1.18. The van der Waals surface area contributed by atoms with E-state index in [1.165, 1.54) is 60.9 Å². The minimum atomic E-state index is 1.18. The molecule has 6 aromatic rings. The summed E-state index contributed by atoms with van der Waals surface area (Å²) in [5.74, 6) is 0. The Balaban J connectivity index is 1.33. The van der Waals surface area contributed by atoms with Gasteiger partial charge in [0, 0.05) is 16.5 Å². The fourth-order valence-corrected chi connectivity index (χ4v) is 4.88. The Morgan fingerprint density at radius 2 is 0.971 bits per heavy atom. The second-order valence-electron chi connectivity index (χ2n) is 9.29. The van der Waals surface area contributed by atoms with E-state index in [0.717, 1.165) is 0 Å². The molecule has 1 nitrogen and oxygen atoms in total. The zero-order valence-electron chi connectivity index (χ0n) is 20.1. The van der Waals surface area contributed by atoms with Crippen LogP contribution in [0.4, 0.5) is 0 Å². The van der Waals surface area contributed by atoms with Crippen molar-refractivity contribution in [2.24, 2.45) is 0 Å². The van der Waals surface area contributed by atoms with Crippen LogP contribution in [0.2, 0.25) is 0 Å². The lowest BCUT2D eigenvalue weighted by molar-refractivity contribution is 1.18. The largest absolute Gasteiger partial charge is 0.309 e. The van der Waals surface area contributed by atoms with Crippen LogP contribution in [0.25, 0.3) is 50.8 Å². The molecule has 1 heteroatoms. The van der Waals surface area contributed by atoms with Crippen molar-refractivity contribution in [1.82, 2.24) is 4.57 Å². The smallest absolute Gasteiger partial charge is 0.0541 e. The number of rotatable bonds is 4. The summed E-state index contributed by atoms with van der Waals surface area (Å²) < 4.78 is 2.38. The standard InChI is InChI=1S/C34H27N/c1-24-8-20-33-31(22-24)32-23-25(2)9-21-34(32)35(33)30-18-16-29(17-19-30)28-14-12-27(13-15-28)11-10-26-6-4-3-5-7-26/h3-23H,1-2H3/b11-10+. The average Bonchev–Trinajstić information content (AvgIpc) is 3.21. The predicted molar refractivity (Wildman–Crippen MR) is 151 cm³/mol. The second kappa shape index (κ2) is 8.77. The number of aromatic nitrogens is 1. The molecule has 5 aromatic carbocycles. The van der Waals surface area contributed by atoms with Crippen LogP contribution in [0, 0.1) is 13.8 Å². The van der Waals surface area contributed by atoms with E-state index in [1.54, 1.807) is 0 Å². The molecule has 0 aliphatic rings. The minimum Gasteiger partial charge on any atom is -0.309 e. The summed E-state index contributed by atoms with van der Waals surface area (Å²) in [5, 5.41) is 2.62. The van der Waals surface area contributed by atoms with Crippen molar-refractivity contribution in [2.75, 3.05) is 0 Å². The maximum atomic E-state index is 2.38. The van der Waals surface area contributed by atoms with Crippen LogP contribution in [0.15, 0.2) is 115 Å². The van der Waals surface area contributed by atoms with Gasteiger partial charge in [-0.3, -0.25) is 0 Å². The SMILES string of the molecule is Cc1ccc2c(c1)c1cc(C)ccc1n2-c1ccc(-c2ccc(/C=C/c3ccccc3)cc2)cc1. The van der Waals surface area contributed by atoms with E-state index < -0.39 is 0 Å². The summed E-state index contributed by atoms with van der Waals surface area (Å²) in [5.41, 5.74) is 11.1. The zero-order valence-corrected chi connectivity index (χ0v) is 20.1. The summed E-state index contributed by atoms with van der Waals surface area (Å²) in [6.07, 6.45) is 4.31. The van der Waals surface area contributed by atoms with Crippen molar-refractivity contribution in [3.05, 3.63) is 138 Å².